The Morgan fingerprint density at radius 2 is 2.35 bits per heavy atom. The van der Waals surface area contributed by atoms with Crippen LogP contribution in [0, 0.1) is 5.92 Å². The Labute approximate surface area is 104 Å². The number of fused-ring (bicyclic) bond motifs is 1. The van der Waals surface area contributed by atoms with Crippen LogP contribution in [0.2, 0.25) is 0 Å². The highest BCUT2D eigenvalue weighted by atomic mass is 32.1. The van der Waals surface area contributed by atoms with Gasteiger partial charge in [-0.05, 0) is 23.8 Å². The van der Waals surface area contributed by atoms with Crippen molar-refractivity contribution in [3.8, 4) is 0 Å². The molecule has 2 atom stereocenters. The van der Waals surface area contributed by atoms with Gasteiger partial charge in [-0.25, -0.2) is 9.97 Å². The lowest BCUT2D eigenvalue weighted by Crippen LogP contribution is -2.42. The third kappa shape index (κ3) is 1.89. The molecule has 0 amide bonds. The fraction of sp³-hybridized carbons (Fsp3) is 0.500. The molecule has 0 aromatic carbocycles. The fourth-order valence-electron chi connectivity index (χ4n) is 2.35. The highest BCUT2D eigenvalue weighted by molar-refractivity contribution is 7.16. The number of aromatic nitrogens is 2. The molecule has 0 spiro atoms. The topological polar surface area (TPSA) is 49.2 Å². The van der Waals surface area contributed by atoms with Gasteiger partial charge < -0.3 is 10.0 Å². The SMILES string of the molecule is CC1CN(c2ncnc3sccc23)CCC1O. The van der Waals surface area contributed by atoms with E-state index in [2.05, 4.69) is 27.9 Å². The third-order valence-electron chi connectivity index (χ3n) is 3.40. The normalized spacial score (nSPS) is 25.4. The Morgan fingerprint density at radius 3 is 3.18 bits per heavy atom. The second-order valence-corrected chi connectivity index (χ2v) is 5.51. The summed E-state index contributed by atoms with van der Waals surface area (Å²) in [6.07, 6.45) is 2.27. The second kappa shape index (κ2) is 4.23. The lowest BCUT2D eigenvalue weighted by molar-refractivity contribution is 0.0969. The number of hydrogen-bond acceptors (Lipinski definition) is 5. The van der Waals surface area contributed by atoms with Gasteiger partial charge in [0.15, 0.2) is 0 Å². The van der Waals surface area contributed by atoms with Crippen LogP contribution in [-0.2, 0) is 0 Å². The minimum Gasteiger partial charge on any atom is -0.393 e. The molecule has 0 saturated carbocycles. The Balaban J connectivity index is 1.96. The summed E-state index contributed by atoms with van der Waals surface area (Å²) in [7, 11) is 0. The zero-order chi connectivity index (χ0) is 11.8. The first kappa shape index (κ1) is 10.9. The standard InChI is InChI=1S/C12H15N3OS/c1-8-6-15(4-2-10(8)16)11-9-3-5-17-12(9)14-7-13-11/h3,5,7-8,10,16H,2,4,6H2,1H3. The van der Waals surface area contributed by atoms with Gasteiger partial charge in [-0.15, -0.1) is 11.3 Å². The molecular weight excluding hydrogens is 234 g/mol. The minimum atomic E-state index is -0.175. The summed E-state index contributed by atoms with van der Waals surface area (Å²) in [5.41, 5.74) is 0. The Kier molecular flexibility index (Phi) is 2.72. The van der Waals surface area contributed by atoms with Gasteiger partial charge in [0.2, 0.25) is 0 Å². The second-order valence-electron chi connectivity index (χ2n) is 4.62. The van der Waals surface area contributed by atoms with E-state index in [0.29, 0.717) is 5.92 Å². The molecular formula is C12H15N3OS. The van der Waals surface area contributed by atoms with Crippen LogP contribution in [0.5, 0.6) is 0 Å². The van der Waals surface area contributed by atoms with E-state index in [1.54, 1.807) is 17.7 Å². The van der Waals surface area contributed by atoms with Crippen LogP contribution in [0.4, 0.5) is 5.82 Å². The summed E-state index contributed by atoms with van der Waals surface area (Å²) in [6, 6.07) is 2.07. The number of thiophene rings is 1. The largest absolute Gasteiger partial charge is 0.393 e. The lowest BCUT2D eigenvalue weighted by Gasteiger charge is -2.35. The van der Waals surface area contributed by atoms with Gasteiger partial charge in [0.1, 0.15) is 17.0 Å². The Morgan fingerprint density at radius 1 is 1.47 bits per heavy atom. The molecule has 17 heavy (non-hydrogen) atoms. The van der Waals surface area contributed by atoms with Gasteiger partial charge in [0, 0.05) is 13.1 Å². The molecule has 2 aromatic rings. The van der Waals surface area contributed by atoms with E-state index in [1.165, 1.54) is 0 Å². The molecule has 0 aliphatic carbocycles. The molecule has 1 aliphatic heterocycles. The van der Waals surface area contributed by atoms with E-state index in [0.717, 1.165) is 35.5 Å². The average Bonchev–Trinajstić information content (AvgIpc) is 2.80. The number of piperidine rings is 1. The predicted molar refractivity (Wildman–Crippen MR) is 69.4 cm³/mol. The van der Waals surface area contributed by atoms with Crippen molar-refractivity contribution < 1.29 is 5.11 Å². The van der Waals surface area contributed by atoms with Gasteiger partial charge in [0.05, 0.1) is 11.5 Å². The first-order valence-electron chi connectivity index (χ1n) is 5.87. The van der Waals surface area contributed by atoms with Crippen molar-refractivity contribution in [2.45, 2.75) is 19.4 Å². The molecule has 0 bridgehead atoms. The maximum atomic E-state index is 9.76. The fourth-order valence-corrected chi connectivity index (χ4v) is 3.08. The molecule has 2 unspecified atom stereocenters. The van der Waals surface area contributed by atoms with E-state index >= 15 is 0 Å². The highest BCUT2D eigenvalue weighted by Crippen LogP contribution is 2.29. The van der Waals surface area contributed by atoms with Crippen LogP contribution >= 0.6 is 11.3 Å². The van der Waals surface area contributed by atoms with Crippen molar-refractivity contribution in [3.63, 3.8) is 0 Å². The smallest absolute Gasteiger partial charge is 0.140 e. The summed E-state index contributed by atoms with van der Waals surface area (Å²) in [5.74, 6) is 1.31. The number of aliphatic hydroxyl groups is 1. The number of rotatable bonds is 1. The molecule has 4 nitrogen and oxygen atoms in total. The summed E-state index contributed by atoms with van der Waals surface area (Å²) < 4.78 is 0. The summed E-state index contributed by atoms with van der Waals surface area (Å²) in [4.78, 5) is 12.0. The average molecular weight is 249 g/mol. The monoisotopic (exact) mass is 249 g/mol. The molecule has 2 aromatic heterocycles. The van der Waals surface area contributed by atoms with E-state index in [1.807, 2.05) is 5.38 Å². The molecule has 1 fully saturated rings. The Hall–Kier alpha value is -1.20. The maximum absolute atomic E-state index is 9.76. The maximum Gasteiger partial charge on any atom is 0.140 e. The van der Waals surface area contributed by atoms with E-state index in [-0.39, 0.29) is 6.10 Å². The number of hydrogen-bond donors (Lipinski definition) is 1. The van der Waals surface area contributed by atoms with E-state index in [9.17, 15) is 5.11 Å². The number of anilines is 1. The first-order valence-corrected chi connectivity index (χ1v) is 6.75. The van der Waals surface area contributed by atoms with Crippen molar-refractivity contribution >= 4 is 27.4 Å². The summed E-state index contributed by atoms with van der Waals surface area (Å²) in [6.45, 7) is 3.82. The third-order valence-corrected chi connectivity index (χ3v) is 4.22. The van der Waals surface area contributed by atoms with Gasteiger partial charge in [-0.3, -0.25) is 0 Å². The van der Waals surface area contributed by atoms with Crippen LogP contribution in [0.3, 0.4) is 0 Å². The summed E-state index contributed by atoms with van der Waals surface area (Å²) in [5, 5.41) is 12.9. The molecule has 1 aliphatic rings. The van der Waals surface area contributed by atoms with Crippen molar-refractivity contribution in [3.05, 3.63) is 17.8 Å². The molecule has 90 valence electrons. The molecule has 3 heterocycles. The first-order chi connectivity index (χ1) is 8.25. The van der Waals surface area contributed by atoms with Crippen molar-refractivity contribution in [2.24, 2.45) is 5.92 Å². The van der Waals surface area contributed by atoms with Gasteiger partial charge in [-0.1, -0.05) is 6.92 Å². The zero-order valence-electron chi connectivity index (χ0n) is 9.71. The van der Waals surface area contributed by atoms with Crippen molar-refractivity contribution in [2.75, 3.05) is 18.0 Å². The van der Waals surface area contributed by atoms with Gasteiger partial charge in [0.25, 0.3) is 0 Å². The van der Waals surface area contributed by atoms with Crippen LogP contribution in [0.1, 0.15) is 13.3 Å². The molecule has 5 heteroatoms. The van der Waals surface area contributed by atoms with Crippen LogP contribution in [0.25, 0.3) is 10.2 Å². The van der Waals surface area contributed by atoms with Crippen LogP contribution in [-0.4, -0.2) is 34.3 Å². The molecule has 1 N–H and O–H groups in total. The highest BCUT2D eigenvalue weighted by Gasteiger charge is 2.26. The number of aliphatic hydroxyl groups excluding tert-OH is 1. The Bertz CT molecular complexity index is 527. The molecule has 0 radical (unpaired) electrons. The lowest BCUT2D eigenvalue weighted by atomic mass is 9.97. The predicted octanol–water partition coefficient (Wildman–Crippen LogP) is 1.90. The number of nitrogens with zero attached hydrogens (tertiary/aromatic N) is 3. The minimum absolute atomic E-state index is 0.175. The van der Waals surface area contributed by atoms with E-state index < -0.39 is 0 Å². The molecule has 3 rings (SSSR count). The van der Waals surface area contributed by atoms with Crippen LogP contribution in [0.15, 0.2) is 17.8 Å². The van der Waals surface area contributed by atoms with Gasteiger partial charge >= 0.3 is 0 Å². The van der Waals surface area contributed by atoms with Gasteiger partial charge in [-0.2, -0.15) is 0 Å². The van der Waals surface area contributed by atoms with Crippen molar-refractivity contribution in [1.82, 2.24) is 9.97 Å². The van der Waals surface area contributed by atoms with E-state index in [4.69, 9.17) is 0 Å². The molecule has 1 saturated heterocycles. The summed E-state index contributed by atoms with van der Waals surface area (Å²) >= 11 is 1.64. The quantitative estimate of drug-likeness (QED) is 0.838. The van der Waals surface area contributed by atoms with Crippen LogP contribution < -0.4 is 4.90 Å². The zero-order valence-corrected chi connectivity index (χ0v) is 10.5. The van der Waals surface area contributed by atoms with Crippen molar-refractivity contribution in [1.29, 1.82) is 0 Å².